The number of anilines is 1. The van der Waals surface area contributed by atoms with E-state index in [2.05, 4.69) is 16.0 Å². The molecule has 0 bridgehead atoms. The molecule has 0 saturated heterocycles. The van der Waals surface area contributed by atoms with Crippen LogP contribution in [0.25, 0.3) is 0 Å². The van der Waals surface area contributed by atoms with Crippen LogP contribution in [0, 0.1) is 0 Å². The second kappa shape index (κ2) is 9.93. The van der Waals surface area contributed by atoms with E-state index in [1.165, 1.54) is 24.3 Å². The van der Waals surface area contributed by atoms with Crippen molar-refractivity contribution in [3.05, 3.63) is 65.7 Å². The minimum atomic E-state index is -1.87. The molecule has 0 unspecified atom stereocenters. The average molecular weight is 461 g/mol. The van der Waals surface area contributed by atoms with Crippen LogP contribution >= 0.6 is 47.0 Å². The minimum Gasteiger partial charge on any atom is -0.478 e. The average Bonchev–Trinajstić information content (AvgIpc) is 2.61. The number of hydrogen-bond donors (Lipinski definition) is 4. The van der Waals surface area contributed by atoms with E-state index in [1.807, 2.05) is 30.3 Å². The van der Waals surface area contributed by atoms with E-state index < -0.39 is 15.9 Å². The predicted molar refractivity (Wildman–Crippen MR) is 115 cm³/mol. The summed E-state index contributed by atoms with van der Waals surface area (Å²) in [5, 5.41) is 17.2. The van der Waals surface area contributed by atoms with E-state index in [-0.39, 0.29) is 23.0 Å². The first kappa shape index (κ1) is 22.2. The Morgan fingerprint density at radius 1 is 1.00 bits per heavy atom. The number of nitrogens with one attached hydrogen (secondary N) is 3. The molecule has 28 heavy (non-hydrogen) atoms. The number of rotatable bonds is 6. The van der Waals surface area contributed by atoms with E-state index >= 15 is 0 Å². The van der Waals surface area contributed by atoms with Gasteiger partial charge < -0.3 is 21.1 Å². The molecule has 0 aliphatic carbocycles. The van der Waals surface area contributed by atoms with Crippen molar-refractivity contribution in [2.24, 2.45) is 0 Å². The summed E-state index contributed by atoms with van der Waals surface area (Å²) in [7, 11) is 0. The lowest BCUT2D eigenvalue weighted by molar-refractivity contribution is -0.121. The topological polar surface area (TPSA) is 90.5 Å². The second-order valence-electron chi connectivity index (χ2n) is 5.69. The number of amides is 1. The van der Waals surface area contributed by atoms with Crippen molar-refractivity contribution in [1.29, 1.82) is 0 Å². The van der Waals surface area contributed by atoms with Crippen molar-refractivity contribution in [3.63, 3.8) is 0 Å². The summed E-state index contributed by atoms with van der Waals surface area (Å²) in [5.74, 6) is -1.40. The molecule has 2 aromatic carbocycles. The van der Waals surface area contributed by atoms with Crippen LogP contribution in [0.3, 0.4) is 0 Å². The number of carbonyl (C=O) groups is 2. The number of halogens is 3. The first-order valence-electron chi connectivity index (χ1n) is 7.96. The zero-order valence-corrected chi connectivity index (χ0v) is 17.4. The summed E-state index contributed by atoms with van der Waals surface area (Å²) in [6, 6.07) is 15.0. The van der Waals surface area contributed by atoms with Crippen LogP contribution < -0.4 is 16.0 Å². The highest BCUT2D eigenvalue weighted by Crippen LogP contribution is 2.29. The van der Waals surface area contributed by atoms with Gasteiger partial charge in [-0.25, -0.2) is 4.79 Å². The Balaban J connectivity index is 1.98. The Kier molecular flexibility index (Phi) is 7.88. The van der Waals surface area contributed by atoms with Crippen LogP contribution in [0.2, 0.25) is 0 Å². The molecule has 0 fully saturated rings. The molecule has 0 radical (unpaired) electrons. The fourth-order valence-electron chi connectivity index (χ4n) is 2.19. The van der Waals surface area contributed by atoms with Gasteiger partial charge in [-0.3, -0.25) is 4.79 Å². The van der Waals surface area contributed by atoms with E-state index in [0.717, 1.165) is 5.56 Å². The summed E-state index contributed by atoms with van der Waals surface area (Å²) in [6.07, 6.45) is -0.983. The number of alkyl halides is 3. The highest BCUT2D eigenvalue weighted by molar-refractivity contribution is 7.80. The van der Waals surface area contributed by atoms with E-state index in [4.69, 9.17) is 52.1 Å². The molecule has 10 heteroatoms. The number of benzene rings is 2. The van der Waals surface area contributed by atoms with E-state index in [1.54, 1.807) is 0 Å². The third kappa shape index (κ3) is 7.16. The number of thiocarbonyl (C=S) groups is 1. The Labute approximate surface area is 182 Å². The summed E-state index contributed by atoms with van der Waals surface area (Å²) < 4.78 is -1.87. The van der Waals surface area contributed by atoms with Gasteiger partial charge in [0.2, 0.25) is 9.70 Å². The van der Waals surface area contributed by atoms with Gasteiger partial charge in [0.15, 0.2) is 5.11 Å². The lowest BCUT2D eigenvalue weighted by Gasteiger charge is -2.27. The Morgan fingerprint density at radius 2 is 1.61 bits per heavy atom. The van der Waals surface area contributed by atoms with Crippen LogP contribution in [0.1, 0.15) is 15.9 Å². The zero-order chi connectivity index (χ0) is 20.7. The smallest absolute Gasteiger partial charge is 0.335 e. The van der Waals surface area contributed by atoms with E-state index in [9.17, 15) is 9.59 Å². The van der Waals surface area contributed by atoms with Crippen LogP contribution in [-0.2, 0) is 11.2 Å². The first-order valence-corrected chi connectivity index (χ1v) is 9.50. The molecular weight excluding hydrogens is 445 g/mol. The van der Waals surface area contributed by atoms with Crippen molar-refractivity contribution in [3.8, 4) is 0 Å². The maximum atomic E-state index is 12.3. The molecule has 4 N–H and O–H groups in total. The highest BCUT2D eigenvalue weighted by Gasteiger charge is 2.34. The van der Waals surface area contributed by atoms with Crippen LogP contribution in [0.15, 0.2) is 54.6 Å². The van der Waals surface area contributed by atoms with E-state index in [0.29, 0.717) is 5.69 Å². The van der Waals surface area contributed by atoms with Crippen molar-refractivity contribution >= 4 is 69.7 Å². The predicted octanol–water partition coefficient (Wildman–Crippen LogP) is 3.73. The lowest BCUT2D eigenvalue weighted by atomic mass is 10.1. The van der Waals surface area contributed by atoms with Gasteiger partial charge in [-0.1, -0.05) is 65.1 Å². The first-order chi connectivity index (χ1) is 13.1. The molecule has 1 amide bonds. The standard InChI is InChI=1S/C18H16Cl3N3O3S/c19-18(20,21)16(23-14(25)10-11-4-2-1-3-5-11)24-17(28)22-13-8-6-12(7-9-13)15(26)27/h1-9,16H,10H2,(H,23,25)(H,26,27)(H2,22,24,28)/t16-/m0/s1. The molecule has 0 saturated carbocycles. The molecular formula is C18H16Cl3N3O3S. The fraction of sp³-hybridized carbons (Fsp3) is 0.167. The van der Waals surface area contributed by atoms with Crippen molar-refractivity contribution in [2.45, 2.75) is 16.4 Å². The van der Waals surface area contributed by atoms with Crippen LogP contribution in [0.4, 0.5) is 5.69 Å². The molecule has 148 valence electrons. The molecule has 6 nitrogen and oxygen atoms in total. The third-order valence-electron chi connectivity index (χ3n) is 3.51. The summed E-state index contributed by atoms with van der Waals surface area (Å²) in [5.41, 5.74) is 1.47. The number of carbonyl (C=O) groups excluding carboxylic acids is 1. The lowest BCUT2D eigenvalue weighted by Crippen LogP contribution is -2.56. The quantitative estimate of drug-likeness (QED) is 0.298. The largest absolute Gasteiger partial charge is 0.478 e. The molecule has 0 aromatic heterocycles. The monoisotopic (exact) mass is 459 g/mol. The molecule has 0 aliphatic heterocycles. The van der Waals surface area contributed by atoms with Gasteiger partial charge in [0, 0.05) is 5.69 Å². The minimum absolute atomic E-state index is 0.0828. The van der Waals surface area contributed by atoms with Gasteiger partial charge in [0.25, 0.3) is 0 Å². The van der Waals surface area contributed by atoms with Gasteiger partial charge >= 0.3 is 5.97 Å². The number of hydrogen-bond acceptors (Lipinski definition) is 3. The SMILES string of the molecule is O=C(Cc1ccccc1)N[C@@H](NC(=S)Nc1ccc(C(=O)O)cc1)C(Cl)(Cl)Cl. The second-order valence-corrected chi connectivity index (χ2v) is 8.46. The van der Waals surface area contributed by atoms with Crippen molar-refractivity contribution in [1.82, 2.24) is 10.6 Å². The Morgan fingerprint density at radius 3 is 2.14 bits per heavy atom. The van der Waals surface area contributed by atoms with Crippen LogP contribution in [0.5, 0.6) is 0 Å². The third-order valence-corrected chi connectivity index (χ3v) is 4.38. The normalized spacial score (nSPS) is 12.0. The fourth-order valence-corrected chi connectivity index (χ4v) is 2.75. The zero-order valence-electron chi connectivity index (χ0n) is 14.3. The summed E-state index contributed by atoms with van der Waals surface area (Å²) in [4.78, 5) is 23.1. The van der Waals surface area contributed by atoms with Gasteiger partial charge in [0.05, 0.1) is 12.0 Å². The van der Waals surface area contributed by atoms with Gasteiger partial charge in [-0.05, 0) is 42.0 Å². The molecule has 1 atom stereocenters. The highest BCUT2D eigenvalue weighted by atomic mass is 35.6. The Bertz CT molecular complexity index is 843. The van der Waals surface area contributed by atoms with Gasteiger partial charge in [-0.2, -0.15) is 0 Å². The molecule has 0 heterocycles. The maximum absolute atomic E-state index is 12.3. The Hall–Kier alpha value is -2.06. The molecule has 2 rings (SSSR count). The van der Waals surface area contributed by atoms with Crippen molar-refractivity contribution in [2.75, 3.05) is 5.32 Å². The number of carboxylic acid groups (broad SMARTS) is 1. The van der Waals surface area contributed by atoms with Gasteiger partial charge in [0.1, 0.15) is 6.17 Å². The summed E-state index contributed by atoms with van der Waals surface area (Å²) >= 11 is 23.0. The maximum Gasteiger partial charge on any atom is 0.335 e. The van der Waals surface area contributed by atoms with Gasteiger partial charge in [-0.15, -0.1) is 0 Å². The van der Waals surface area contributed by atoms with Crippen LogP contribution in [-0.4, -0.2) is 32.1 Å². The molecule has 0 spiro atoms. The summed E-state index contributed by atoms with van der Waals surface area (Å²) in [6.45, 7) is 0. The number of carboxylic acids is 1. The van der Waals surface area contributed by atoms with Crippen molar-refractivity contribution < 1.29 is 14.7 Å². The molecule has 2 aromatic rings. The number of aromatic carboxylic acids is 1. The molecule has 0 aliphatic rings.